The Labute approximate surface area is 203 Å². The molecule has 0 unspecified atom stereocenters. The van der Waals surface area contributed by atoms with Crippen LogP contribution in [-0.4, -0.2) is 21.2 Å². The van der Waals surface area contributed by atoms with Crippen LogP contribution in [0, 0.1) is 12.3 Å². The second-order valence-electron chi connectivity index (χ2n) is 7.08. The Morgan fingerprint density at radius 1 is 1.12 bits per heavy atom. The van der Waals surface area contributed by atoms with Crippen LogP contribution in [0.2, 0.25) is 0 Å². The van der Waals surface area contributed by atoms with Crippen molar-refractivity contribution in [2.45, 2.75) is 13.1 Å². The topological polar surface area (TPSA) is 72.4 Å². The second kappa shape index (κ2) is 10.2. The first-order valence-corrected chi connectivity index (χ1v) is 9.82. The molecular weight excluding hydrogens is 459 g/mol. The first-order valence-electron chi connectivity index (χ1n) is 9.82. The fourth-order valence-corrected chi connectivity index (χ4v) is 3.69. The number of imidazole rings is 1. The van der Waals surface area contributed by atoms with Crippen molar-refractivity contribution in [1.29, 1.82) is 0 Å². The number of hydrogen-bond donors (Lipinski definition) is 1. The number of carbonyl (C=O) groups is 1. The van der Waals surface area contributed by atoms with Crippen LogP contribution >= 0.6 is 24.8 Å². The summed E-state index contributed by atoms with van der Waals surface area (Å²) in [5, 5.41) is 2.86. The number of benzene rings is 2. The van der Waals surface area contributed by atoms with Crippen molar-refractivity contribution in [1.82, 2.24) is 14.9 Å². The van der Waals surface area contributed by atoms with Crippen molar-refractivity contribution in [3.05, 3.63) is 107 Å². The number of aromatic nitrogens is 2. The summed E-state index contributed by atoms with van der Waals surface area (Å²) in [6, 6.07) is 19.3. The molecule has 0 saturated carbocycles. The van der Waals surface area contributed by atoms with E-state index in [9.17, 15) is 4.79 Å². The van der Waals surface area contributed by atoms with Gasteiger partial charge >= 0.3 is 0 Å². The summed E-state index contributed by atoms with van der Waals surface area (Å²) in [7, 11) is 0. The lowest BCUT2D eigenvalue weighted by Gasteiger charge is -2.12. The molecule has 3 heterocycles. The van der Waals surface area contributed by atoms with Gasteiger partial charge in [-0.2, -0.15) is 0 Å². The van der Waals surface area contributed by atoms with E-state index in [1.807, 2.05) is 59.2 Å². The lowest BCUT2D eigenvalue weighted by atomic mass is 9.98. The molecule has 0 saturated heterocycles. The molecule has 0 aliphatic carbocycles. The van der Waals surface area contributed by atoms with E-state index in [4.69, 9.17) is 15.8 Å². The van der Waals surface area contributed by atoms with Gasteiger partial charge in [-0.05, 0) is 30.3 Å². The number of hydrogen-bond acceptors (Lipinski definition) is 4. The summed E-state index contributed by atoms with van der Waals surface area (Å²) in [4.78, 5) is 22.1. The van der Waals surface area contributed by atoms with E-state index < -0.39 is 0 Å². The first kappa shape index (κ1) is 23.9. The minimum atomic E-state index is -0.273. The standard InChI is InChI=1S/C25H18N4O2.2ClH/c1-2-17-10-11-21-20(13-17)23(18-7-4-3-5-8-18)26-15-22-24(28-16-29(21)22)25(30)27-14-19-9-6-12-31-19;;/h1,3-13,16H,14-15H2,(H,27,30);2*1H. The Hall–Kier alpha value is -3.79. The van der Waals surface area contributed by atoms with Gasteiger partial charge in [0.1, 0.15) is 12.1 Å². The Kier molecular flexibility index (Phi) is 7.39. The molecule has 0 bridgehead atoms. The molecule has 0 spiro atoms. The highest BCUT2D eigenvalue weighted by Gasteiger charge is 2.24. The van der Waals surface area contributed by atoms with Gasteiger partial charge in [0.2, 0.25) is 0 Å². The SMILES string of the molecule is C#Cc1ccc2c(c1)C(c1ccccc1)=NCc1c(C(=O)NCc3ccco3)ncn1-2.Cl.Cl. The van der Waals surface area contributed by atoms with Crippen LogP contribution in [0.3, 0.4) is 0 Å². The average molecular weight is 479 g/mol. The summed E-state index contributed by atoms with van der Waals surface area (Å²) in [6.07, 6.45) is 8.88. The zero-order valence-corrected chi connectivity index (χ0v) is 19.0. The van der Waals surface area contributed by atoms with E-state index in [0.29, 0.717) is 24.5 Å². The highest BCUT2D eigenvalue weighted by Crippen LogP contribution is 2.27. The van der Waals surface area contributed by atoms with Gasteiger partial charge in [-0.3, -0.25) is 14.4 Å². The largest absolute Gasteiger partial charge is 0.467 e. The van der Waals surface area contributed by atoms with E-state index in [2.05, 4.69) is 16.2 Å². The maximum Gasteiger partial charge on any atom is 0.272 e. The molecule has 0 atom stereocenters. The van der Waals surface area contributed by atoms with Gasteiger partial charge in [0.15, 0.2) is 5.69 Å². The van der Waals surface area contributed by atoms with Crippen LogP contribution in [0.4, 0.5) is 0 Å². The maximum atomic E-state index is 12.8. The van der Waals surface area contributed by atoms with Crippen LogP contribution in [0.25, 0.3) is 5.69 Å². The van der Waals surface area contributed by atoms with Crippen LogP contribution in [0.1, 0.15) is 38.6 Å². The number of carbonyl (C=O) groups excluding carboxylic acids is 1. The smallest absolute Gasteiger partial charge is 0.272 e. The first-order chi connectivity index (χ1) is 15.2. The third kappa shape index (κ3) is 4.56. The monoisotopic (exact) mass is 478 g/mol. The van der Waals surface area contributed by atoms with Gasteiger partial charge in [0.05, 0.1) is 36.4 Å². The highest BCUT2D eigenvalue weighted by atomic mass is 35.5. The number of furan rings is 1. The molecule has 166 valence electrons. The number of terminal acetylenes is 1. The van der Waals surface area contributed by atoms with E-state index >= 15 is 0 Å². The predicted octanol–water partition coefficient (Wildman–Crippen LogP) is 4.57. The Bertz CT molecular complexity index is 1340. The van der Waals surface area contributed by atoms with Gasteiger partial charge in [0, 0.05) is 16.7 Å². The average Bonchev–Trinajstić information content (AvgIpc) is 3.45. The van der Waals surface area contributed by atoms with Crippen molar-refractivity contribution in [3.63, 3.8) is 0 Å². The molecule has 1 aliphatic heterocycles. The molecule has 6 nitrogen and oxygen atoms in total. The molecule has 33 heavy (non-hydrogen) atoms. The number of amides is 1. The van der Waals surface area contributed by atoms with Gasteiger partial charge in [-0.1, -0.05) is 36.3 Å². The quantitative estimate of drug-likeness (QED) is 0.436. The molecule has 4 aromatic rings. The third-order valence-corrected chi connectivity index (χ3v) is 5.20. The summed E-state index contributed by atoms with van der Waals surface area (Å²) in [6.45, 7) is 0.604. The van der Waals surface area contributed by atoms with Crippen molar-refractivity contribution in [2.24, 2.45) is 4.99 Å². The Morgan fingerprint density at radius 2 is 1.94 bits per heavy atom. The highest BCUT2D eigenvalue weighted by molar-refractivity contribution is 6.15. The molecule has 0 radical (unpaired) electrons. The summed E-state index contributed by atoms with van der Waals surface area (Å²) < 4.78 is 7.20. The molecular formula is C25H20Cl2N4O2. The number of rotatable bonds is 4. The summed E-state index contributed by atoms with van der Waals surface area (Å²) in [5.41, 5.74) is 5.43. The molecule has 1 amide bonds. The Balaban J connectivity index is 0.00000153. The van der Waals surface area contributed by atoms with Gasteiger partial charge in [0.25, 0.3) is 5.91 Å². The molecule has 0 fully saturated rings. The lowest BCUT2D eigenvalue weighted by molar-refractivity contribution is 0.0942. The van der Waals surface area contributed by atoms with Crippen molar-refractivity contribution in [3.8, 4) is 18.0 Å². The van der Waals surface area contributed by atoms with Gasteiger partial charge in [-0.25, -0.2) is 4.98 Å². The van der Waals surface area contributed by atoms with Crippen LogP contribution < -0.4 is 5.32 Å². The summed E-state index contributed by atoms with van der Waals surface area (Å²) in [5.74, 6) is 3.10. The van der Waals surface area contributed by atoms with Crippen molar-refractivity contribution in [2.75, 3.05) is 0 Å². The predicted molar refractivity (Wildman–Crippen MR) is 132 cm³/mol. The zero-order valence-electron chi connectivity index (χ0n) is 17.4. The van der Waals surface area contributed by atoms with Crippen LogP contribution in [0.15, 0.2) is 82.7 Å². The number of halogens is 2. The maximum absolute atomic E-state index is 12.8. The van der Waals surface area contributed by atoms with Gasteiger partial charge < -0.3 is 9.73 Å². The van der Waals surface area contributed by atoms with Crippen molar-refractivity contribution < 1.29 is 9.21 Å². The lowest BCUT2D eigenvalue weighted by Crippen LogP contribution is -2.24. The Morgan fingerprint density at radius 3 is 2.67 bits per heavy atom. The number of aliphatic imine (C=N–C) groups is 1. The number of nitrogens with zero attached hydrogens (tertiary/aromatic N) is 3. The van der Waals surface area contributed by atoms with E-state index in [-0.39, 0.29) is 30.7 Å². The molecule has 8 heteroatoms. The molecule has 2 aromatic carbocycles. The minimum absolute atomic E-state index is 0. The number of nitrogens with one attached hydrogen (secondary N) is 1. The normalized spacial score (nSPS) is 11.4. The number of fused-ring (bicyclic) bond motifs is 3. The van der Waals surface area contributed by atoms with Crippen LogP contribution in [0.5, 0.6) is 0 Å². The van der Waals surface area contributed by atoms with Crippen LogP contribution in [-0.2, 0) is 13.1 Å². The van der Waals surface area contributed by atoms with E-state index in [0.717, 1.165) is 33.8 Å². The van der Waals surface area contributed by atoms with E-state index in [1.165, 1.54) is 0 Å². The molecule has 1 aliphatic rings. The van der Waals surface area contributed by atoms with Crippen molar-refractivity contribution >= 4 is 36.4 Å². The second-order valence-corrected chi connectivity index (χ2v) is 7.08. The zero-order chi connectivity index (χ0) is 21.2. The fourth-order valence-electron chi connectivity index (χ4n) is 3.69. The van der Waals surface area contributed by atoms with E-state index in [1.54, 1.807) is 18.7 Å². The fraction of sp³-hybridized carbons (Fsp3) is 0.0800. The van der Waals surface area contributed by atoms with Gasteiger partial charge in [-0.15, -0.1) is 31.2 Å². The molecule has 2 aromatic heterocycles. The molecule has 5 rings (SSSR count). The minimum Gasteiger partial charge on any atom is -0.467 e. The summed E-state index contributed by atoms with van der Waals surface area (Å²) >= 11 is 0. The third-order valence-electron chi connectivity index (χ3n) is 5.20. The molecule has 1 N–H and O–H groups in total.